The van der Waals surface area contributed by atoms with Crippen molar-refractivity contribution >= 4 is 11.8 Å². The molecule has 1 saturated heterocycles. The van der Waals surface area contributed by atoms with Gasteiger partial charge in [-0.05, 0) is 26.7 Å². The van der Waals surface area contributed by atoms with E-state index in [0.29, 0.717) is 25.1 Å². The SMILES string of the molecule is Cc1ncnc(N2CCC(C(=O)O)CC2C)c1F. The molecule has 98 valence electrons. The Morgan fingerprint density at radius 1 is 1.56 bits per heavy atom. The predicted octanol–water partition coefficient (Wildman–Crippen LogP) is 1.61. The molecule has 0 aliphatic carbocycles. The van der Waals surface area contributed by atoms with Crippen molar-refractivity contribution in [3.63, 3.8) is 0 Å². The molecule has 1 N–H and O–H groups in total. The van der Waals surface area contributed by atoms with Crippen molar-refractivity contribution in [2.75, 3.05) is 11.4 Å². The largest absolute Gasteiger partial charge is 0.481 e. The summed E-state index contributed by atoms with van der Waals surface area (Å²) < 4.78 is 13.9. The molecule has 1 aliphatic heterocycles. The van der Waals surface area contributed by atoms with Crippen LogP contribution in [0.4, 0.5) is 10.2 Å². The van der Waals surface area contributed by atoms with Crippen molar-refractivity contribution in [1.29, 1.82) is 0 Å². The first kappa shape index (κ1) is 12.7. The number of halogens is 1. The second kappa shape index (κ2) is 4.88. The van der Waals surface area contributed by atoms with E-state index in [1.54, 1.807) is 6.92 Å². The number of aryl methyl sites for hydroxylation is 1. The number of aromatic nitrogens is 2. The van der Waals surface area contributed by atoms with Crippen LogP contribution in [0.25, 0.3) is 0 Å². The maximum Gasteiger partial charge on any atom is 0.306 e. The number of hydrogen-bond acceptors (Lipinski definition) is 4. The normalized spacial score (nSPS) is 24.1. The average molecular weight is 253 g/mol. The number of carboxylic acids is 1. The number of piperidine rings is 1. The zero-order chi connectivity index (χ0) is 13.3. The van der Waals surface area contributed by atoms with Gasteiger partial charge < -0.3 is 10.0 Å². The minimum Gasteiger partial charge on any atom is -0.481 e. The molecule has 2 rings (SSSR count). The van der Waals surface area contributed by atoms with E-state index in [2.05, 4.69) is 9.97 Å². The van der Waals surface area contributed by atoms with E-state index >= 15 is 0 Å². The lowest BCUT2D eigenvalue weighted by Gasteiger charge is -2.37. The first-order valence-corrected chi connectivity index (χ1v) is 5.97. The van der Waals surface area contributed by atoms with Crippen molar-refractivity contribution in [2.24, 2.45) is 5.92 Å². The second-order valence-corrected chi connectivity index (χ2v) is 4.70. The summed E-state index contributed by atoms with van der Waals surface area (Å²) in [6.45, 7) is 3.99. The molecule has 1 fully saturated rings. The fourth-order valence-corrected chi connectivity index (χ4v) is 2.36. The third-order valence-corrected chi connectivity index (χ3v) is 3.44. The van der Waals surface area contributed by atoms with Crippen LogP contribution in [0.15, 0.2) is 6.33 Å². The van der Waals surface area contributed by atoms with Gasteiger partial charge in [0.2, 0.25) is 0 Å². The van der Waals surface area contributed by atoms with Crippen LogP contribution in [-0.2, 0) is 4.79 Å². The van der Waals surface area contributed by atoms with E-state index in [9.17, 15) is 9.18 Å². The Hall–Kier alpha value is -1.72. The first-order valence-electron chi connectivity index (χ1n) is 5.97. The van der Waals surface area contributed by atoms with Crippen LogP contribution in [0.2, 0.25) is 0 Å². The fraction of sp³-hybridized carbons (Fsp3) is 0.583. The van der Waals surface area contributed by atoms with Gasteiger partial charge in [0.25, 0.3) is 0 Å². The average Bonchev–Trinajstić information content (AvgIpc) is 2.33. The Labute approximate surface area is 105 Å². The van der Waals surface area contributed by atoms with E-state index < -0.39 is 11.8 Å². The van der Waals surface area contributed by atoms with Crippen molar-refractivity contribution in [3.8, 4) is 0 Å². The molecule has 1 aromatic rings. The van der Waals surface area contributed by atoms with Crippen LogP contribution >= 0.6 is 0 Å². The number of carbonyl (C=O) groups is 1. The van der Waals surface area contributed by atoms with Crippen LogP contribution < -0.4 is 4.90 Å². The third-order valence-electron chi connectivity index (χ3n) is 3.44. The van der Waals surface area contributed by atoms with E-state index in [1.807, 2.05) is 11.8 Å². The number of hydrogen-bond donors (Lipinski definition) is 1. The van der Waals surface area contributed by atoms with Crippen LogP contribution in [0.3, 0.4) is 0 Å². The highest BCUT2D eigenvalue weighted by molar-refractivity contribution is 5.70. The number of rotatable bonds is 2. The molecule has 2 atom stereocenters. The van der Waals surface area contributed by atoms with Gasteiger partial charge >= 0.3 is 5.97 Å². The smallest absolute Gasteiger partial charge is 0.306 e. The summed E-state index contributed by atoms with van der Waals surface area (Å²) in [5, 5.41) is 8.99. The van der Waals surface area contributed by atoms with Gasteiger partial charge in [0.1, 0.15) is 6.33 Å². The number of anilines is 1. The maximum absolute atomic E-state index is 13.9. The highest BCUT2D eigenvalue weighted by Crippen LogP contribution is 2.28. The number of carboxylic acid groups (broad SMARTS) is 1. The molecule has 6 heteroatoms. The Morgan fingerprint density at radius 3 is 2.89 bits per heavy atom. The monoisotopic (exact) mass is 253 g/mol. The van der Waals surface area contributed by atoms with E-state index in [1.165, 1.54) is 6.33 Å². The van der Waals surface area contributed by atoms with Gasteiger partial charge in [0.15, 0.2) is 11.6 Å². The summed E-state index contributed by atoms with van der Waals surface area (Å²) >= 11 is 0. The van der Waals surface area contributed by atoms with Gasteiger partial charge in [0.05, 0.1) is 11.6 Å². The third kappa shape index (κ3) is 2.27. The van der Waals surface area contributed by atoms with Gasteiger partial charge in [0, 0.05) is 12.6 Å². The quantitative estimate of drug-likeness (QED) is 0.867. The molecule has 0 radical (unpaired) electrons. The zero-order valence-electron chi connectivity index (χ0n) is 10.4. The zero-order valence-corrected chi connectivity index (χ0v) is 10.4. The summed E-state index contributed by atoms with van der Waals surface area (Å²) in [5.41, 5.74) is 0.313. The molecule has 18 heavy (non-hydrogen) atoms. The molecule has 1 aromatic heterocycles. The molecule has 0 spiro atoms. The van der Waals surface area contributed by atoms with Crippen molar-refractivity contribution in [1.82, 2.24) is 9.97 Å². The highest BCUT2D eigenvalue weighted by Gasteiger charge is 2.31. The van der Waals surface area contributed by atoms with Crippen molar-refractivity contribution in [2.45, 2.75) is 32.7 Å². The summed E-state index contributed by atoms with van der Waals surface area (Å²) in [7, 11) is 0. The molecule has 2 unspecified atom stereocenters. The minimum absolute atomic E-state index is 0.0383. The molecule has 1 aliphatic rings. The summed E-state index contributed by atoms with van der Waals surface area (Å²) in [6, 6.07) is -0.0383. The molecule has 0 amide bonds. The van der Waals surface area contributed by atoms with Crippen LogP contribution in [0.1, 0.15) is 25.5 Å². The highest BCUT2D eigenvalue weighted by atomic mass is 19.1. The summed E-state index contributed by atoms with van der Waals surface area (Å²) in [4.78, 5) is 20.5. The molecular formula is C12H16FN3O2. The number of aliphatic carboxylic acids is 1. The molecule has 0 saturated carbocycles. The van der Waals surface area contributed by atoms with Crippen LogP contribution in [0, 0.1) is 18.7 Å². The Kier molecular flexibility index (Phi) is 3.45. The number of nitrogens with zero attached hydrogens (tertiary/aromatic N) is 3. The lowest BCUT2D eigenvalue weighted by Crippen LogP contribution is -2.43. The standard InChI is InChI=1S/C12H16FN3O2/c1-7-5-9(12(17)18)3-4-16(7)11-10(13)8(2)14-6-15-11/h6-7,9H,3-5H2,1-2H3,(H,17,18). The lowest BCUT2D eigenvalue weighted by molar-refractivity contribution is -0.142. The topological polar surface area (TPSA) is 66.3 Å². The Balaban J connectivity index is 2.20. The molecule has 0 bridgehead atoms. The van der Waals surface area contributed by atoms with Crippen LogP contribution in [-0.4, -0.2) is 33.6 Å². The van der Waals surface area contributed by atoms with Gasteiger partial charge in [-0.1, -0.05) is 0 Å². The van der Waals surface area contributed by atoms with Gasteiger partial charge in [-0.15, -0.1) is 0 Å². The van der Waals surface area contributed by atoms with Gasteiger partial charge in [-0.25, -0.2) is 14.4 Å². The molecule has 2 heterocycles. The van der Waals surface area contributed by atoms with Crippen molar-refractivity contribution in [3.05, 3.63) is 17.8 Å². The fourth-order valence-electron chi connectivity index (χ4n) is 2.36. The molecule has 0 aromatic carbocycles. The maximum atomic E-state index is 13.9. The summed E-state index contributed by atoms with van der Waals surface area (Å²) in [6.07, 6.45) is 2.36. The Bertz CT molecular complexity index is 467. The molecule has 5 nitrogen and oxygen atoms in total. The van der Waals surface area contributed by atoms with E-state index in [-0.39, 0.29) is 17.8 Å². The van der Waals surface area contributed by atoms with Crippen LogP contribution in [0.5, 0.6) is 0 Å². The summed E-state index contributed by atoms with van der Waals surface area (Å²) in [5.74, 6) is -1.26. The van der Waals surface area contributed by atoms with E-state index in [4.69, 9.17) is 5.11 Å². The molecular weight excluding hydrogens is 237 g/mol. The minimum atomic E-state index is -0.777. The van der Waals surface area contributed by atoms with Gasteiger partial charge in [-0.3, -0.25) is 4.79 Å². The van der Waals surface area contributed by atoms with E-state index in [0.717, 1.165) is 0 Å². The Morgan fingerprint density at radius 2 is 2.28 bits per heavy atom. The lowest BCUT2D eigenvalue weighted by atomic mass is 9.92. The van der Waals surface area contributed by atoms with Crippen molar-refractivity contribution < 1.29 is 14.3 Å². The second-order valence-electron chi connectivity index (χ2n) is 4.70. The first-order chi connectivity index (χ1) is 8.50. The predicted molar refractivity (Wildman–Crippen MR) is 63.9 cm³/mol. The van der Waals surface area contributed by atoms with Gasteiger partial charge in [-0.2, -0.15) is 0 Å².